The molecule has 0 aliphatic heterocycles. The first-order valence-corrected chi connectivity index (χ1v) is 21.2. The first kappa shape index (κ1) is 55.2. The molecule has 344 valence electrons. The van der Waals surface area contributed by atoms with E-state index in [1.54, 1.807) is 13.8 Å². The van der Waals surface area contributed by atoms with Crippen molar-refractivity contribution in [1.82, 2.24) is 37.2 Å². The van der Waals surface area contributed by atoms with Crippen molar-refractivity contribution >= 4 is 53.3 Å². The van der Waals surface area contributed by atoms with Crippen molar-refractivity contribution < 1.29 is 53.4 Å². The zero-order chi connectivity index (χ0) is 46.6. The lowest BCUT2D eigenvalue weighted by Gasteiger charge is -2.29. The Bertz CT molecular complexity index is 1460. The lowest BCUT2D eigenvalue weighted by Crippen LogP contribution is -2.60. The van der Waals surface area contributed by atoms with Gasteiger partial charge in [-0.3, -0.25) is 38.4 Å². The van der Waals surface area contributed by atoms with Gasteiger partial charge in [-0.15, -0.1) is 0 Å². The smallest absolute Gasteiger partial charge is 0.326 e. The molecule has 0 radical (unpaired) electrons. The number of hydrogen-bond donors (Lipinski definition) is 9. The molecule has 0 aromatic rings. The Balaban J connectivity index is 6.47. The van der Waals surface area contributed by atoms with E-state index in [1.807, 2.05) is 69.2 Å². The summed E-state index contributed by atoms with van der Waals surface area (Å²) in [5, 5.41) is 37.1. The van der Waals surface area contributed by atoms with E-state index in [9.17, 15) is 48.3 Å². The Morgan fingerprint density at radius 1 is 0.333 bits per heavy atom. The van der Waals surface area contributed by atoms with Crippen LogP contribution in [0.25, 0.3) is 0 Å². The van der Waals surface area contributed by atoms with Crippen molar-refractivity contribution in [1.29, 1.82) is 0 Å². The third-order valence-corrected chi connectivity index (χ3v) is 9.09. The summed E-state index contributed by atoms with van der Waals surface area (Å²) in [6, 6.07) is -8.38. The topological polar surface area (TPSA) is 278 Å². The molecule has 7 amide bonds. The molecule has 0 fully saturated rings. The van der Waals surface area contributed by atoms with Crippen LogP contribution in [0.2, 0.25) is 0 Å². The molecule has 0 saturated carbocycles. The lowest BCUT2D eigenvalue weighted by atomic mass is 9.97. The minimum absolute atomic E-state index is 0.0357. The standard InChI is InChI=1S/C42H75N7O11/c1-21(2)14-28(43-27(13)50)36(53)44-29(15-22(3)4)37(54)45-30(16-23(5)6)38(55)46-31(17-24(7)8)39(56)47-32(18-25(9)10)40(57)48-33(19-26(11)12)41(58)49-34(42(59)60)20-35(51)52/h21-26,28-34H,14-20H2,1-13H3,(H,43,50)(H,44,53)(H,45,54)(H,46,55)(H,47,56)(H,48,57)(H,49,58)(H,51,52)(H,59,60)/t28-,29-,30-,31-,32-,33-,34-/m0/s1. The van der Waals surface area contributed by atoms with Crippen molar-refractivity contribution in [2.45, 2.75) is 177 Å². The van der Waals surface area contributed by atoms with Gasteiger partial charge in [-0.2, -0.15) is 0 Å². The van der Waals surface area contributed by atoms with Crippen LogP contribution in [0.5, 0.6) is 0 Å². The summed E-state index contributed by atoms with van der Waals surface area (Å²) in [5.74, 6) is -7.99. The summed E-state index contributed by atoms with van der Waals surface area (Å²) in [7, 11) is 0. The van der Waals surface area contributed by atoms with E-state index in [2.05, 4.69) is 37.2 Å². The van der Waals surface area contributed by atoms with Crippen molar-refractivity contribution in [3.05, 3.63) is 0 Å². The normalized spacial score (nSPS) is 15.1. The highest BCUT2D eigenvalue weighted by atomic mass is 16.4. The third-order valence-electron chi connectivity index (χ3n) is 9.09. The van der Waals surface area contributed by atoms with Gasteiger partial charge >= 0.3 is 11.9 Å². The van der Waals surface area contributed by atoms with Gasteiger partial charge in [0.2, 0.25) is 41.4 Å². The summed E-state index contributed by atoms with van der Waals surface area (Å²) >= 11 is 0. The number of carboxylic acid groups (broad SMARTS) is 2. The highest BCUT2D eigenvalue weighted by molar-refractivity contribution is 5.97. The van der Waals surface area contributed by atoms with Gasteiger partial charge in [0.15, 0.2) is 0 Å². The molecule has 7 atom stereocenters. The molecule has 0 rings (SSSR count). The molecule has 0 saturated heterocycles. The second-order valence-electron chi connectivity index (χ2n) is 18.3. The molecule has 9 N–H and O–H groups in total. The molecular formula is C42H75N7O11. The van der Waals surface area contributed by atoms with Crippen molar-refractivity contribution in [2.75, 3.05) is 0 Å². The maximum absolute atomic E-state index is 14.0. The molecule has 18 nitrogen and oxygen atoms in total. The van der Waals surface area contributed by atoms with Gasteiger partial charge < -0.3 is 47.4 Å². The van der Waals surface area contributed by atoms with Gasteiger partial charge in [0, 0.05) is 6.92 Å². The summed E-state index contributed by atoms with van der Waals surface area (Å²) in [6.45, 7) is 23.5. The molecule has 0 heterocycles. The number of aliphatic carboxylic acids is 2. The van der Waals surface area contributed by atoms with Crippen LogP contribution in [0.1, 0.15) is 135 Å². The van der Waals surface area contributed by atoms with Crippen LogP contribution in [0, 0.1) is 35.5 Å². The largest absolute Gasteiger partial charge is 0.481 e. The van der Waals surface area contributed by atoms with E-state index in [0.29, 0.717) is 6.42 Å². The molecular weight excluding hydrogens is 779 g/mol. The van der Waals surface area contributed by atoms with Crippen LogP contribution < -0.4 is 37.2 Å². The van der Waals surface area contributed by atoms with Crippen molar-refractivity contribution in [3.63, 3.8) is 0 Å². The maximum Gasteiger partial charge on any atom is 0.326 e. The Kier molecular flexibility index (Phi) is 25.0. The number of carbonyl (C=O) groups is 9. The van der Waals surface area contributed by atoms with Crippen molar-refractivity contribution in [3.8, 4) is 0 Å². The van der Waals surface area contributed by atoms with Crippen LogP contribution in [-0.2, 0) is 43.2 Å². The molecule has 0 bridgehead atoms. The fourth-order valence-electron chi connectivity index (χ4n) is 6.47. The molecule has 0 aromatic carbocycles. The van der Waals surface area contributed by atoms with Crippen LogP contribution >= 0.6 is 0 Å². The molecule has 0 aromatic heterocycles. The lowest BCUT2D eigenvalue weighted by molar-refractivity contribution is -0.147. The number of amides is 7. The molecule has 60 heavy (non-hydrogen) atoms. The van der Waals surface area contributed by atoms with Gasteiger partial charge in [0.1, 0.15) is 42.3 Å². The van der Waals surface area contributed by atoms with Gasteiger partial charge in [-0.05, 0) is 74.0 Å². The minimum Gasteiger partial charge on any atom is -0.481 e. The summed E-state index contributed by atoms with van der Waals surface area (Å²) in [6.07, 6.45) is 0.238. The van der Waals surface area contributed by atoms with Gasteiger partial charge in [-0.1, -0.05) is 83.1 Å². The molecule has 18 heteroatoms. The van der Waals surface area contributed by atoms with Crippen molar-refractivity contribution in [2.24, 2.45) is 35.5 Å². The molecule has 0 aliphatic carbocycles. The van der Waals surface area contributed by atoms with Gasteiger partial charge in [0.25, 0.3) is 0 Å². The first-order chi connectivity index (χ1) is 27.6. The van der Waals surface area contributed by atoms with E-state index in [4.69, 9.17) is 5.11 Å². The minimum atomic E-state index is -1.74. The first-order valence-electron chi connectivity index (χ1n) is 21.2. The Morgan fingerprint density at radius 3 is 0.667 bits per heavy atom. The molecule has 0 unspecified atom stereocenters. The zero-order valence-electron chi connectivity index (χ0n) is 38.0. The summed E-state index contributed by atoms with van der Waals surface area (Å²) in [5.41, 5.74) is 0. The Labute approximate surface area is 356 Å². The fraction of sp³-hybridized carbons (Fsp3) is 0.786. The van der Waals surface area contributed by atoms with E-state index < -0.39 is 102 Å². The predicted molar refractivity (Wildman–Crippen MR) is 226 cm³/mol. The van der Waals surface area contributed by atoms with E-state index in [1.165, 1.54) is 6.92 Å². The number of nitrogens with one attached hydrogen (secondary N) is 7. The monoisotopic (exact) mass is 854 g/mol. The van der Waals surface area contributed by atoms with Gasteiger partial charge in [0.05, 0.1) is 6.42 Å². The maximum atomic E-state index is 14.0. The third kappa shape index (κ3) is 23.1. The summed E-state index contributed by atoms with van der Waals surface area (Å²) < 4.78 is 0. The highest BCUT2D eigenvalue weighted by Gasteiger charge is 2.35. The van der Waals surface area contributed by atoms with Gasteiger partial charge in [-0.25, -0.2) is 4.79 Å². The number of hydrogen-bond acceptors (Lipinski definition) is 9. The fourth-order valence-corrected chi connectivity index (χ4v) is 6.47. The Hall–Kier alpha value is -4.77. The van der Waals surface area contributed by atoms with Crippen LogP contribution in [-0.4, -0.2) is 106 Å². The second-order valence-corrected chi connectivity index (χ2v) is 18.3. The van der Waals surface area contributed by atoms with E-state index in [-0.39, 0.29) is 67.6 Å². The SMILES string of the molecule is CC(=O)N[C@@H](CC(C)C)C(=O)N[C@@H](CC(C)C)C(=O)N[C@@H](CC(C)C)C(=O)N[C@@H](CC(C)C)C(=O)N[C@@H](CC(C)C)C(=O)N[C@@H](CC(C)C)C(=O)N[C@@H](CC(=O)O)C(=O)O. The van der Waals surface area contributed by atoms with E-state index >= 15 is 0 Å². The second kappa shape index (κ2) is 27.2. The highest BCUT2D eigenvalue weighted by Crippen LogP contribution is 2.14. The number of rotatable bonds is 28. The van der Waals surface area contributed by atoms with Crippen LogP contribution in [0.4, 0.5) is 0 Å². The average molecular weight is 854 g/mol. The summed E-state index contributed by atoms with van der Waals surface area (Å²) in [4.78, 5) is 117. The predicted octanol–water partition coefficient (Wildman–Crippen LogP) is 2.24. The van der Waals surface area contributed by atoms with Crippen LogP contribution in [0.15, 0.2) is 0 Å². The molecule has 0 aliphatic rings. The van der Waals surface area contributed by atoms with E-state index in [0.717, 1.165) is 0 Å². The quantitative estimate of drug-likeness (QED) is 0.0551. The Morgan fingerprint density at radius 2 is 0.517 bits per heavy atom. The molecule has 0 spiro atoms. The number of carboxylic acids is 2. The zero-order valence-corrected chi connectivity index (χ0v) is 38.0. The van der Waals surface area contributed by atoms with Crippen LogP contribution in [0.3, 0.4) is 0 Å². The average Bonchev–Trinajstić information content (AvgIpc) is 3.07. The number of carbonyl (C=O) groups excluding carboxylic acids is 7.